The molecule has 10 heteroatoms. The number of aliphatic carboxylic acids is 1. The van der Waals surface area contributed by atoms with E-state index in [1.54, 1.807) is 0 Å². The van der Waals surface area contributed by atoms with Gasteiger partial charge in [0.2, 0.25) is 5.91 Å². The second-order valence-corrected chi connectivity index (χ2v) is 7.15. The van der Waals surface area contributed by atoms with E-state index in [1.165, 1.54) is 16.4 Å². The van der Waals surface area contributed by atoms with Crippen LogP contribution < -0.4 is 16.4 Å². The van der Waals surface area contributed by atoms with Gasteiger partial charge in [-0.1, -0.05) is 6.42 Å². The van der Waals surface area contributed by atoms with Gasteiger partial charge >= 0.3 is 5.97 Å². The molecule has 0 spiro atoms. The Balaban J connectivity index is 2.51. The minimum absolute atomic E-state index is 0.0730. The molecule has 0 unspecified atom stereocenters. The van der Waals surface area contributed by atoms with E-state index >= 15 is 0 Å². The minimum atomic E-state index is -1.17. The summed E-state index contributed by atoms with van der Waals surface area (Å²) in [5.74, 6) is 0.655. The highest BCUT2D eigenvalue weighted by Crippen LogP contribution is 2.13. The number of amides is 1. The minimum Gasteiger partial charge on any atom is -0.480 e. The van der Waals surface area contributed by atoms with Gasteiger partial charge in [-0.05, 0) is 44.7 Å². The molecule has 0 aliphatic rings. The fourth-order valence-corrected chi connectivity index (χ4v) is 3.05. The lowest BCUT2D eigenvalue weighted by atomic mass is 10.1. The highest BCUT2D eigenvalue weighted by atomic mass is 79.9. The number of nitrogens with one attached hydrogen (secondary N) is 1. The summed E-state index contributed by atoms with van der Waals surface area (Å²) in [4.78, 5) is 46.8. The van der Waals surface area contributed by atoms with Gasteiger partial charge in [-0.15, -0.1) is 12.3 Å². The number of rotatable bonds is 9. The number of carboxylic acids is 1. The maximum absolute atomic E-state index is 12.2. The normalized spacial score (nSPS) is 11.6. The molecule has 0 aliphatic heterocycles. The number of carboxylic acid groups (broad SMARTS) is 1. The molecule has 1 heterocycles. The van der Waals surface area contributed by atoms with Crippen LogP contribution in [-0.2, 0) is 23.2 Å². The molecule has 0 saturated heterocycles. The number of nitrogens with zero attached hydrogens (tertiary/aromatic N) is 2. The van der Waals surface area contributed by atoms with Gasteiger partial charge in [0, 0.05) is 26.4 Å². The molecule has 1 rings (SSSR count). The van der Waals surface area contributed by atoms with Gasteiger partial charge in [0.15, 0.2) is 0 Å². The summed E-state index contributed by atoms with van der Waals surface area (Å²) in [6.07, 6.45) is 6.90. The van der Waals surface area contributed by atoms with Crippen molar-refractivity contribution >= 4 is 43.7 Å². The van der Waals surface area contributed by atoms with Crippen LogP contribution in [-0.4, -0.2) is 32.4 Å². The maximum atomic E-state index is 12.2. The SMILES string of the molecule is C#CC[C@H](NC(=O)CCCCCn1c(=O)c(Br)c(Br)c(=O)n1C)C(=O)O. The molecule has 8 nitrogen and oxygen atoms in total. The van der Waals surface area contributed by atoms with Crippen molar-refractivity contribution in [3.05, 3.63) is 29.7 Å². The van der Waals surface area contributed by atoms with Crippen molar-refractivity contribution in [2.75, 3.05) is 0 Å². The Morgan fingerprint density at radius 2 is 1.81 bits per heavy atom. The average Bonchev–Trinajstić information content (AvgIpc) is 2.60. The number of hydrogen-bond acceptors (Lipinski definition) is 4. The highest BCUT2D eigenvalue weighted by Gasteiger charge is 2.18. The van der Waals surface area contributed by atoms with E-state index in [0.29, 0.717) is 25.8 Å². The number of halogens is 2. The lowest BCUT2D eigenvalue weighted by molar-refractivity contribution is -0.141. The van der Waals surface area contributed by atoms with E-state index in [-0.39, 0.29) is 38.8 Å². The molecule has 1 aromatic heterocycles. The summed E-state index contributed by atoms with van der Waals surface area (Å²) in [6.45, 7) is 0.326. The Bertz CT molecular complexity index is 838. The molecule has 26 heavy (non-hydrogen) atoms. The monoisotopic (exact) mass is 491 g/mol. The Hall–Kier alpha value is -1.86. The van der Waals surface area contributed by atoms with Crippen LogP contribution in [0.1, 0.15) is 32.1 Å². The summed E-state index contributed by atoms with van der Waals surface area (Å²) >= 11 is 6.17. The van der Waals surface area contributed by atoms with E-state index in [4.69, 9.17) is 11.5 Å². The Morgan fingerprint density at radius 3 is 2.38 bits per heavy atom. The molecule has 0 aliphatic carbocycles. The third kappa shape index (κ3) is 5.85. The number of hydrogen-bond donors (Lipinski definition) is 2. The van der Waals surface area contributed by atoms with E-state index < -0.39 is 12.0 Å². The van der Waals surface area contributed by atoms with Crippen LogP contribution in [0.2, 0.25) is 0 Å². The van der Waals surface area contributed by atoms with Gasteiger partial charge in [-0.2, -0.15) is 0 Å². The van der Waals surface area contributed by atoms with Crippen LogP contribution in [0.15, 0.2) is 18.5 Å². The van der Waals surface area contributed by atoms with Gasteiger partial charge in [-0.25, -0.2) is 14.2 Å². The van der Waals surface area contributed by atoms with Crippen LogP contribution in [0, 0.1) is 12.3 Å². The largest absolute Gasteiger partial charge is 0.480 e. The zero-order valence-corrected chi connectivity index (χ0v) is 17.3. The summed E-state index contributed by atoms with van der Waals surface area (Å²) in [6, 6.07) is -1.08. The van der Waals surface area contributed by atoms with Gasteiger partial charge < -0.3 is 10.4 Å². The molecule has 0 radical (unpaired) electrons. The van der Waals surface area contributed by atoms with Crippen LogP contribution in [0.3, 0.4) is 0 Å². The van der Waals surface area contributed by atoms with Crippen LogP contribution in [0.5, 0.6) is 0 Å². The summed E-state index contributed by atoms with van der Waals surface area (Å²) in [7, 11) is 1.51. The second-order valence-electron chi connectivity index (χ2n) is 5.56. The summed E-state index contributed by atoms with van der Waals surface area (Å²) in [5, 5.41) is 11.3. The van der Waals surface area contributed by atoms with Gasteiger partial charge in [-0.3, -0.25) is 14.4 Å². The summed E-state index contributed by atoms with van der Waals surface area (Å²) < 4.78 is 2.91. The van der Waals surface area contributed by atoms with Gasteiger partial charge in [0.1, 0.15) is 15.0 Å². The lowest BCUT2D eigenvalue weighted by Crippen LogP contribution is -2.40. The van der Waals surface area contributed by atoms with Crippen molar-refractivity contribution in [2.24, 2.45) is 7.05 Å². The topological polar surface area (TPSA) is 110 Å². The van der Waals surface area contributed by atoms with Crippen molar-refractivity contribution in [1.29, 1.82) is 0 Å². The first kappa shape index (κ1) is 22.2. The Morgan fingerprint density at radius 1 is 1.19 bits per heavy atom. The van der Waals surface area contributed by atoms with Crippen molar-refractivity contribution < 1.29 is 14.7 Å². The lowest BCUT2D eigenvalue weighted by Gasteiger charge is -2.13. The predicted octanol–water partition coefficient (Wildman–Crippen LogP) is 1.23. The molecule has 1 amide bonds. The first-order valence-electron chi connectivity index (χ1n) is 7.81. The van der Waals surface area contributed by atoms with Crippen molar-refractivity contribution in [1.82, 2.24) is 14.7 Å². The zero-order chi connectivity index (χ0) is 19.9. The Labute approximate surface area is 166 Å². The van der Waals surface area contributed by atoms with Crippen LogP contribution in [0.4, 0.5) is 0 Å². The molecule has 1 atom stereocenters. The zero-order valence-electron chi connectivity index (χ0n) is 14.1. The van der Waals surface area contributed by atoms with E-state index in [1.807, 2.05) is 0 Å². The van der Waals surface area contributed by atoms with E-state index in [0.717, 1.165) is 0 Å². The molecule has 0 saturated carbocycles. The predicted molar refractivity (Wildman–Crippen MR) is 103 cm³/mol. The molecular weight excluding hydrogens is 474 g/mol. The quantitative estimate of drug-likeness (QED) is 0.398. The molecule has 1 aromatic rings. The van der Waals surface area contributed by atoms with Crippen molar-refractivity contribution in [3.63, 3.8) is 0 Å². The molecule has 0 bridgehead atoms. The standard InChI is InChI=1S/C16H19Br2N3O5/c1-3-7-10(16(25)26)19-11(22)8-5-4-6-9-21-15(24)13(18)12(17)14(23)20(21)2/h1,10H,4-9H2,2H3,(H,19,22)(H,25,26)/t10-/m0/s1. The second kappa shape index (κ2) is 10.3. The fourth-order valence-electron chi connectivity index (χ4n) is 2.25. The number of carbonyl (C=O) groups is 2. The first-order valence-corrected chi connectivity index (χ1v) is 9.40. The van der Waals surface area contributed by atoms with Crippen molar-refractivity contribution in [2.45, 2.75) is 44.7 Å². The highest BCUT2D eigenvalue weighted by molar-refractivity contribution is 9.13. The van der Waals surface area contributed by atoms with Gasteiger partial charge in [0.25, 0.3) is 11.1 Å². The van der Waals surface area contributed by atoms with Crippen LogP contribution in [0.25, 0.3) is 0 Å². The number of carbonyl (C=O) groups excluding carboxylic acids is 1. The number of aromatic nitrogens is 2. The maximum Gasteiger partial charge on any atom is 0.327 e. The molecule has 2 N–H and O–H groups in total. The third-order valence-electron chi connectivity index (χ3n) is 3.69. The van der Waals surface area contributed by atoms with Crippen molar-refractivity contribution in [3.8, 4) is 12.3 Å². The fraction of sp³-hybridized carbons (Fsp3) is 0.500. The van der Waals surface area contributed by atoms with E-state index in [9.17, 15) is 19.2 Å². The third-order valence-corrected chi connectivity index (χ3v) is 5.69. The Kier molecular flexibility index (Phi) is 8.81. The van der Waals surface area contributed by atoms with Gasteiger partial charge in [0.05, 0.1) is 0 Å². The molecule has 0 aromatic carbocycles. The summed E-state index contributed by atoms with van der Waals surface area (Å²) in [5.41, 5.74) is -0.653. The number of terminal acetylenes is 1. The molecule has 0 fully saturated rings. The van der Waals surface area contributed by atoms with Crippen LogP contribution >= 0.6 is 31.9 Å². The average molecular weight is 493 g/mol. The smallest absolute Gasteiger partial charge is 0.327 e. The molecular formula is C16H19Br2N3O5. The van der Waals surface area contributed by atoms with E-state index in [2.05, 4.69) is 43.1 Å². The number of unbranched alkanes of at least 4 members (excludes halogenated alkanes) is 2. The molecule has 142 valence electrons. The first-order chi connectivity index (χ1) is 12.2.